The van der Waals surface area contributed by atoms with Crippen molar-refractivity contribution >= 4 is 23.8 Å². The number of carboxylic acids is 1. The number of anilines is 2. The van der Waals surface area contributed by atoms with E-state index >= 15 is 0 Å². The third-order valence-electron chi connectivity index (χ3n) is 2.28. The first-order valence-electron chi connectivity index (χ1n) is 6.41. The average molecular weight is 282 g/mol. The number of aryl methyl sites for hydroxylation is 1. The number of benzene rings is 1. The first-order chi connectivity index (χ1) is 9.49. The number of hydrogen-bond acceptors (Lipinski definition) is 5. The maximum Gasteiger partial charge on any atom is 0.303 e. The standard InChI is InChI=1S/C10H14N2O2.C4H8O2/c11-8-4-7(5-9(12)6-8)2-1-3-10(13)14;1-2-3-6-4-5/h4-6H,1-3,11-12H2,(H,13,14);4H,2-3H2,1H3. The molecule has 0 aromatic heterocycles. The first kappa shape index (κ1) is 17.8. The fourth-order valence-electron chi connectivity index (χ4n) is 1.50. The van der Waals surface area contributed by atoms with Crippen LogP contribution < -0.4 is 11.5 Å². The zero-order chi connectivity index (χ0) is 15.4. The Kier molecular flexibility index (Phi) is 9.47. The van der Waals surface area contributed by atoms with Gasteiger partial charge in [-0.2, -0.15) is 0 Å². The lowest BCUT2D eigenvalue weighted by Crippen LogP contribution is -1.97. The molecule has 0 radical (unpaired) electrons. The van der Waals surface area contributed by atoms with Crippen molar-refractivity contribution < 1.29 is 19.4 Å². The molecule has 20 heavy (non-hydrogen) atoms. The van der Waals surface area contributed by atoms with Gasteiger partial charge in [-0.15, -0.1) is 0 Å². The Balaban J connectivity index is 0.000000511. The zero-order valence-electron chi connectivity index (χ0n) is 11.7. The number of carboxylic acid groups (broad SMARTS) is 1. The smallest absolute Gasteiger partial charge is 0.303 e. The van der Waals surface area contributed by atoms with Gasteiger partial charge in [0.05, 0.1) is 6.61 Å². The molecular weight excluding hydrogens is 260 g/mol. The summed E-state index contributed by atoms with van der Waals surface area (Å²) in [6.07, 6.45) is 2.38. The molecule has 1 aromatic carbocycles. The second-order valence-electron chi connectivity index (χ2n) is 4.22. The maximum absolute atomic E-state index is 10.3. The van der Waals surface area contributed by atoms with Crippen molar-refractivity contribution in [3.05, 3.63) is 23.8 Å². The van der Waals surface area contributed by atoms with Gasteiger partial charge in [-0.05, 0) is 43.0 Å². The number of ether oxygens (including phenoxy) is 1. The van der Waals surface area contributed by atoms with E-state index in [1.165, 1.54) is 0 Å². The van der Waals surface area contributed by atoms with E-state index < -0.39 is 5.97 Å². The first-order valence-corrected chi connectivity index (χ1v) is 6.41. The van der Waals surface area contributed by atoms with E-state index in [0.29, 0.717) is 37.3 Å². The van der Waals surface area contributed by atoms with Crippen LogP contribution in [0.15, 0.2) is 18.2 Å². The molecule has 0 aliphatic heterocycles. The normalized spacial score (nSPS) is 9.25. The molecule has 0 amide bonds. The Morgan fingerprint density at radius 1 is 1.30 bits per heavy atom. The number of rotatable bonds is 7. The molecule has 0 saturated carbocycles. The second-order valence-corrected chi connectivity index (χ2v) is 4.22. The van der Waals surface area contributed by atoms with Crippen LogP contribution in [0.25, 0.3) is 0 Å². The summed E-state index contributed by atoms with van der Waals surface area (Å²) < 4.78 is 4.30. The molecule has 1 aromatic rings. The molecule has 0 saturated heterocycles. The minimum Gasteiger partial charge on any atom is -0.481 e. The van der Waals surface area contributed by atoms with Gasteiger partial charge >= 0.3 is 5.97 Å². The molecule has 0 aliphatic carbocycles. The molecule has 0 fully saturated rings. The molecule has 112 valence electrons. The molecule has 5 N–H and O–H groups in total. The van der Waals surface area contributed by atoms with Crippen LogP contribution in [0.4, 0.5) is 11.4 Å². The van der Waals surface area contributed by atoms with Crippen LogP contribution >= 0.6 is 0 Å². The number of nitrogen functional groups attached to an aromatic ring is 2. The SMILES string of the molecule is CCCOC=O.Nc1cc(N)cc(CCCC(=O)O)c1. The maximum atomic E-state index is 10.3. The molecule has 0 aliphatic rings. The third kappa shape index (κ3) is 9.76. The zero-order valence-corrected chi connectivity index (χ0v) is 11.7. The van der Waals surface area contributed by atoms with Crippen LogP contribution in [-0.2, 0) is 20.7 Å². The van der Waals surface area contributed by atoms with E-state index in [-0.39, 0.29) is 6.42 Å². The minimum absolute atomic E-state index is 0.175. The van der Waals surface area contributed by atoms with Crippen LogP contribution in [0, 0.1) is 0 Å². The summed E-state index contributed by atoms with van der Waals surface area (Å²) in [6.45, 7) is 2.95. The van der Waals surface area contributed by atoms with Gasteiger partial charge in [0, 0.05) is 17.8 Å². The van der Waals surface area contributed by atoms with E-state index in [2.05, 4.69) is 4.74 Å². The number of carbonyl (C=O) groups excluding carboxylic acids is 1. The summed E-state index contributed by atoms with van der Waals surface area (Å²) in [5.41, 5.74) is 13.4. The van der Waals surface area contributed by atoms with Gasteiger partial charge in [0.15, 0.2) is 0 Å². The molecule has 1 rings (SSSR count). The highest BCUT2D eigenvalue weighted by atomic mass is 16.5. The predicted molar refractivity (Wildman–Crippen MR) is 78.1 cm³/mol. The molecule has 0 bridgehead atoms. The van der Waals surface area contributed by atoms with Gasteiger partial charge < -0.3 is 21.3 Å². The quantitative estimate of drug-likeness (QED) is 0.399. The monoisotopic (exact) mass is 282 g/mol. The van der Waals surface area contributed by atoms with Gasteiger partial charge in [0.2, 0.25) is 0 Å². The molecular formula is C14H22N2O4. The summed E-state index contributed by atoms with van der Waals surface area (Å²) in [5.74, 6) is -0.776. The predicted octanol–water partition coefficient (Wildman–Crippen LogP) is 1.83. The molecule has 6 nitrogen and oxygen atoms in total. The number of aliphatic carboxylic acids is 1. The lowest BCUT2D eigenvalue weighted by atomic mass is 10.1. The Morgan fingerprint density at radius 2 is 1.90 bits per heavy atom. The Morgan fingerprint density at radius 3 is 2.30 bits per heavy atom. The van der Waals surface area contributed by atoms with Gasteiger partial charge in [-0.3, -0.25) is 9.59 Å². The van der Waals surface area contributed by atoms with E-state index in [9.17, 15) is 9.59 Å². The Bertz CT molecular complexity index is 401. The molecule has 6 heteroatoms. The van der Waals surface area contributed by atoms with Gasteiger partial charge in [-0.1, -0.05) is 6.92 Å². The van der Waals surface area contributed by atoms with Crippen molar-refractivity contribution in [3.63, 3.8) is 0 Å². The lowest BCUT2D eigenvalue weighted by molar-refractivity contribution is -0.137. The van der Waals surface area contributed by atoms with Crippen LogP contribution in [0.2, 0.25) is 0 Å². The van der Waals surface area contributed by atoms with Crippen LogP contribution in [-0.4, -0.2) is 24.2 Å². The highest BCUT2D eigenvalue weighted by Gasteiger charge is 2.00. The summed E-state index contributed by atoms with van der Waals surface area (Å²) in [4.78, 5) is 19.6. The molecule has 0 heterocycles. The van der Waals surface area contributed by atoms with E-state index in [1.807, 2.05) is 19.1 Å². The fraction of sp³-hybridized carbons (Fsp3) is 0.429. The second kappa shape index (κ2) is 10.7. The highest BCUT2D eigenvalue weighted by molar-refractivity contribution is 5.66. The summed E-state index contributed by atoms with van der Waals surface area (Å²) in [6, 6.07) is 5.32. The number of hydrogen-bond donors (Lipinski definition) is 3. The summed E-state index contributed by atoms with van der Waals surface area (Å²) in [5, 5.41) is 8.45. The van der Waals surface area contributed by atoms with Crippen molar-refractivity contribution in [1.82, 2.24) is 0 Å². The van der Waals surface area contributed by atoms with Gasteiger partial charge in [0.1, 0.15) is 0 Å². The Hall–Kier alpha value is -2.24. The van der Waals surface area contributed by atoms with Crippen LogP contribution in [0.3, 0.4) is 0 Å². The summed E-state index contributed by atoms with van der Waals surface area (Å²) >= 11 is 0. The fourth-order valence-corrected chi connectivity index (χ4v) is 1.50. The Labute approximate surface area is 118 Å². The number of nitrogens with two attached hydrogens (primary N) is 2. The van der Waals surface area contributed by atoms with E-state index in [1.54, 1.807) is 6.07 Å². The topological polar surface area (TPSA) is 116 Å². The summed E-state index contributed by atoms with van der Waals surface area (Å²) in [7, 11) is 0. The van der Waals surface area contributed by atoms with Crippen molar-refractivity contribution in [2.24, 2.45) is 0 Å². The van der Waals surface area contributed by atoms with Crippen molar-refractivity contribution in [1.29, 1.82) is 0 Å². The van der Waals surface area contributed by atoms with Crippen molar-refractivity contribution in [3.8, 4) is 0 Å². The molecule has 0 unspecified atom stereocenters. The van der Waals surface area contributed by atoms with E-state index in [0.717, 1.165) is 12.0 Å². The lowest BCUT2D eigenvalue weighted by Gasteiger charge is -2.03. The van der Waals surface area contributed by atoms with Crippen molar-refractivity contribution in [2.75, 3.05) is 18.1 Å². The number of carbonyl (C=O) groups is 2. The van der Waals surface area contributed by atoms with Gasteiger partial charge in [-0.25, -0.2) is 0 Å². The highest BCUT2D eigenvalue weighted by Crippen LogP contribution is 2.15. The average Bonchev–Trinajstić information content (AvgIpc) is 2.35. The minimum atomic E-state index is -0.776. The van der Waals surface area contributed by atoms with Crippen molar-refractivity contribution in [2.45, 2.75) is 32.6 Å². The molecule has 0 atom stereocenters. The molecule has 0 spiro atoms. The van der Waals surface area contributed by atoms with Crippen LogP contribution in [0.5, 0.6) is 0 Å². The van der Waals surface area contributed by atoms with Gasteiger partial charge in [0.25, 0.3) is 6.47 Å². The third-order valence-corrected chi connectivity index (χ3v) is 2.28. The van der Waals surface area contributed by atoms with E-state index in [4.69, 9.17) is 16.6 Å². The van der Waals surface area contributed by atoms with Crippen LogP contribution in [0.1, 0.15) is 31.7 Å². The largest absolute Gasteiger partial charge is 0.481 e.